The number of hydrogen-bond donors (Lipinski definition) is 2. The average Bonchev–Trinajstić information content (AvgIpc) is 3.20. The summed E-state index contributed by atoms with van der Waals surface area (Å²) in [6, 6.07) is 14.9. The van der Waals surface area contributed by atoms with E-state index in [1.807, 2.05) is 12.1 Å². The first-order chi connectivity index (χ1) is 13.8. The van der Waals surface area contributed by atoms with Crippen LogP contribution in [0.5, 0.6) is 5.88 Å². The molecule has 2 N–H and O–H groups in total. The van der Waals surface area contributed by atoms with E-state index in [2.05, 4.69) is 64.7 Å². The zero-order chi connectivity index (χ0) is 19.6. The predicted octanol–water partition coefficient (Wildman–Crippen LogP) is 3.20. The van der Waals surface area contributed by atoms with Crippen molar-refractivity contribution in [1.29, 1.82) is 0 Å². The summed E-state index contributed by atoms with van der Waals surface area (Å²) < 4.78 is 5.75. The Labute approximate surface area is 168 Å². The number of aromatic nitrogens is 1. The van der Waals surface area contributed by atoms with E-state index < -0.39 is 0 Å². The number of hydrogen-bond acceptors (Lipinski definition) is 4. The van der Waals surface area contributed by atoms with Gasteiger partial charge in [-0.3, -0.25) is 0 Å². The lowest BCUT2D eigenvalue weighted by Gasteiger charge is -2.20. The molecule has 1 saturated heterocycles. The molecule has 0 aliphatic carbocycles. The Morgan fingerprint density at radius 1 is 1.21 bits per heavy atom. The van der Waals surface area contributed by atoms with Crippen LogP contribution >= 0.6 is 0 Å². The molecule has 0 bridgehead atoms. The van der Waals surface area contributed by atoms with Crippen LogP contribution in [0.2, 0.25) is 0 Å². The van der Waals surface area contributed by atoms with E-state index in [4.69, 9.17) is 9.73 Å². The van der Waals surface area contributed by atoms with Gasteiger partial charge in [0, 0.05) is 43.1 Å². The minimum atomic E-state index is 0.378. The van der Waals surface area contributed by atoms with Gasteiger partial charge in [-0.2, -0.15) is 0 Å². The standard InChI is InChI=1S/C22H31N5O/c1-3-15-28-21-18(9-8-13-24-21)16-25-22(23-4-2)26-19-12-14-27(17-19)20-10-6-5-7-11-20/h5-11,13,19H,3-4,12,14-17H2,1-2H3,(H2,23,25,26). The minimum absolute atomic E-state index is 0.378. The zero-order valence-corrected chi connectivity index (χ0v) is 16.9. The first-order valence-electron chi connectivity index (χ1n) is 10.2. The highest BCUT2D eigenvalue weighted by Crippen LogP contribution is 2.20. The molecule has 6 heteroatoms. The Hall–Kier alpha value is -2.76. The molecule has 0 amide bonds. The van der Waals surface area contributed by atoms with E-state index in [0.29, 0.717) is 25.1 Å². The summed E-state index contributed by atoms with van der Waals surface area (Å²) in [5, 5.41) is 6.94. The van der Waals surface area contributed by atoms with Crippen molar-refractivity contribution < 1.29 is 4.74 Å². The number of aliphatic imine (C=N–C) groups is 1. The maximum atomic E-state index is 5.75. The van der Waals surface area contributed by atoms with Gasteiger partial charge in [0.25, 0.3) is 0 Å². The normalized spacial score (nSPS) is 16.9. The molecule has 0 radical (unpaired) electrons. The fourth-order valence-corrected chi connectivity index (χ4v) is 3.30. The molecule has 1 aliphatic heterocycles. The third kappa shape index (κ3) is 5.62. The van der Waals surface area contributed by atoms with Crippen LogP contribution in [0.1, 0.15) is 32.3 Å². The monoisotopic (exact) mass is 381 g/mol. The van der Waals surface area contributed by atoms with Gasteiger partial charge >= 0.3 is 0 Å². The lowest BCUT2D eigenvalue weighted by atomic mass is 10.2. The van der Waals surface area contributed by atoms with Crippen molar-refractivity contribution in [3.63, 3.8) is 0 Å². The van der Waals surface area contributed by atoms with Crippen molar-refractivity contribution in [1.82, 2.24) is 15.6 Å². The lowest BCUT2D eigenvalue weighted by Crippen LogP contribution is -2.44. The second kappa shape index (κ2) is 10.5. The van der Waals surface area contributed by atoms with Crippen LogP contribution in [0, 0.1) is 0 Å². The van der Waals surface area contributed by atoms with E-state index in [-0.39, 0.29) is 0 Å². The van der Waals surface area contributed by atoms with Gasteiger partial charge in [-0.25, -0.2) is 9.98 Å². The van der Waals surface area contributed by atoms with Crippen LogP contribution < -0.4 is 20.3 Å². The molecule has 3 rings (SSSR count). The van der Waals surface area contributed by atoms with Gasteiger partial charge in [0.2, 0.25) is 5.88 Å². The van der Waals surface area contributed by atoms with E-state index in [0.717, 1.165) is 44.0 Å². The number of para-hydroxylation sites is 1. The first-order valence-corrected chi connectivity index (χ1v) is 10.2. The SMILES string of the molecule is CCCOc1ncccc1CN=C(NCC)NC1CCN(c2ccccc2)C1. The highest BCUT2D eigenvalue weighted by molar-refractivity contribution is 5.80. The molecular weight excluding hydrogens is 350 g/mol. The summed E-state index contributed by atoms with van der Waals surface area (Å²) in [6.07, 6.45) is 3.82. The summed E-state index contributed by atoms with van der Waals surface area (Å²) in [5.41, 5.74) is 2.28. The van der Waals surface area contributed by atoms with Gasteiger partial charge in [-0.05, 0) is 38.0 Å². The molecule has 1 aromatic carbocycles. The first kappa shape index (κ1) is 20.0. The summed E-state index contributed by atoms with van der Waals surface area (Å²) in [4.78, 5) is 11.5. The van der Waals surface area contributed by atoms with Crippen molar-refractivity contribution >= 4 is 11.6 Å². The molecule has 1 unspecified atom stereocenters. The van der Waals surface area contributed by atoms with Crippen molar-refractivity contribution in [3.8, 4) is 5.88 Å². The minimum Gasteiger partial charge on any atom is -0.477 e. The van der Waals surface area contributed by atoms with E-state index in [1.165, 1.54) is 5.69 Å². The second-order valence-corrected chi connectivity index (χ2v) is 6.92. The van der Waals surface area contributed by atoms with Crippen LogP contribution in [0.15, 0.2) is 53.7 Å². The Kier molecular flexibility index (Phi) is 7.53. The van der Waals surface area contributed by atoms with Gasteiger partial charge in [0.1, 0.15) is 0 Å². The molecule has 2 aromatic rings. The average molecular weight is 382 g/mol. The fourth-order valence-electron chi connectivity index (χ4n) is 3.30. The maximum Gasteiger partial charge on any atom is 0.218 e. The Morgan fingerprint density at radius 3 is 2.86 bits per heavy atom. The van der Waals surface area contributed by atoms with Crippen molar-refractivity contribution in [2.24, 2.45) is 4.99 Å². The Bertz CT molecular complexity index is 750. The number of benzene rings is 1. The number of pyridine rings is 1. The summed E-state index contributed by atoms with van der Waals surface area (Å²) >= 11 is 0. The second-order valence-electron chi connectivity index (χ2n) is 6.92. The number of guanidine groups is 1. The van der Waals surface area contributed by atoms with Gasteiger partial charge in [0.15, 0.2) is 5.96 Å². The van der Waals surface area contributed by atoms with Gasteiger partial charge in [-0.1, -0.05) is 31.2 Å². The van der Waals surface area contributed by atoms with Crippen molar-refractivity contribution in [2.45, 2.75) is 39.3 Å². The van der Waals surface area contributed by atoms with Gasteiger partial charge in [-0.15, -0.1) is 0 Å². The topological polar surface area (TPSA) is 61.8 Å². The number of nitrogens with one attached hydrogen (secondary N) is 2. The van der Waals surface area contributed by atoms with Gasteiger partial charge < -0.3 is 20.3 Å². The molecular formula is C22H31N5O. The Morgan fingerprint density at radius 2 is 2.07 bits per heavy atom. The van der Waals surface area contributed by atoms with Crippen LogP contribution in [0.25, 0.3) is 0 Å². The number of nitrogens with zero attached hydrogens (tertiary/aromatic N) is 3. The lowest BCUT2D eigenvalue weighted by molar-refractivity contribution is 0.302. The summed E-state index contributed by atoms with van der Waals surface area (Å²) in [7, 11) is 0. The van der Waals surface area contributed by atoms with Crippen molar-refractivity contribution in [2.75, 3.05) is 31.1 Å². The number of ether oxygens (including phenoxy) is 1. The molecule has 6 nitrogen and oxygen atoms in total. The molecule has 1 atom stereocenters. The van der Waals surface area contributed by atoms with E-state index in [1.54, 1.807) is 6.20 Å². The molecule has 150 valence electrons. The van der Waals surface area contributed by atoms with Crippen molar-refractivity contribution in [3.05, 3.63) is 54.2 Å². The largest absolute Gasteiger partial charge is 0.477 e. The van der Waals surface area contributed by atoms with Crippen LogP contribution in [-0.4, -0.2) is 43.2 Å². The molecule has 1 aliphatic rings. The van der Waals surface area contributed by atoms with Crippen LogP contribution in [-0.2, 0) is 6.54 Å². The summed E-state index contributed by atoms with van der Waals surface area (Å²) in [5.74, 6) is 1.52. The molecule has 0 saturated carbocycles. The smallest absolute Gasteiger partial charge is 0.218 e. The van der Waals surface area contributed by atoms with E-state index in [9.17, 15) is 0 Å². The molecule has 1 aromatic heterocycles. The number of rotatable bonds is 8. The van der Waals surface area contributed by atoms with Gasteiger partial charge in [0.05, 0.1) is 13.2 Å². The van der Waals surface area contributed by atoms with E-state index >= 15 is 0 Å². The molecule has 2 heterocycles. The molecule has 28 heavy (non-hydrogen) atoms. The molecule has 1 fully saturated rings. The van der Waals surface area contributed by atoms with Crippen LogP contribution in [0.4, 0.5) is 5.69 Å². The Balaban J connectivity index is 1.61. The number of anilines is 1. The third-order valence-electron chi connectivity index (χ3n) is 4.70. The third-order valence-corrected chi connectivity index (χ3v) is 4.70. The fraction of sp³-hybridized carbons (Fsp3) is 0.455. The molecule has 0 spiro atoms. The predicted molar refractivity (Wildman–Crippen MR) is 115 cm³/mol. The quantitative estimate of drug-likeness (QED) is 0.543. The summed E-state index contributed by atoms with van der Waals surface area (Å²) in [6.45, 7) is 8.25. The van der Waals surface area contributed by atoms with Crippen LogP contribution in [0.3, 0.4) is 0 Å². The zero-order valence-electron chi connectivity index (χ0n) is 16.9. The highest BCUT2D eigenvalue weighted by Gasteiger charge is 2.23. The highest BCUT2D eigenvalue weighted by atomic mass is 16.5. The maximum absolute atomic E-state index is 5.75.